The van der Waals surface area contributed by atoms with Crippen molar-refractivity contribution in [3.05, 3.63) is 96.5 Å². The largest absolute Gasteiger partial charge is 0.497 e. The molecule has 1 aliphatic heterocycles. The van der Waals surface area contributed by atoms with E-state index in [4.69, 9.17) is 26.1 Å². The lowest BCUT2D eigenvalue weighted by Gasteiger charge is -2.26. The number of ether oxygens (including phenoxy) is 2. The molecule has 3 heterocycles. The number of hydrogen-bond donors (Lipinski definition) is 1. The molecular weight excluding hydrogens is 446 g/mol. The summed E-state index contributed by atoms with van der Waals surface area (Å²) in [5.74, 6) is 3.16. The van der Waals surface area contributed by atoms with Gasteiger partial charge in [0.2, 0.25) is 0 Å². The van der Waals surface area contributed by atoms with Gasteiger partial charge in [0, 0.05) is 23.5 Å². The molecule has 7 heteroatoms. The van der Waals surface area contributed by atoms with Crippen LogP contribution in [0, 0.1) is 0 Å². The fourth-order valence-corrected chi connectivity index (χ4v) is 4.58. The zero-order valence-corrected chi connectivity index (χ0v) is 19.8. The molecule has 4 aromatic rings. The first-order valence-electron chi connectivity index (χ1n) is 11.2. The SMILES string of the molecule is CCOc1ccc(-c2ccc([C@@H]3[C@H](c4ccccn4)NC(=S)N3c3cccc(OC)c3)o2)cc1. The van der Waals surface area contributed by atoms with E-state index in [0.717, 1.165) is 40.0 Å². The molecule has 0 amide bonds. The number of methoxy groups -OCH3 is 1. The summed E-state index contributed by atoms with van der Waals surface area (Å²) in [5, 5.41) is 4.06. The van der Waals surface area contributed by atoms with Gasteiger partial charge in [0.05, 0.1) is 25.5 Å². The van der Waals surface area contributed by atoms with Crippen LogP contribution < -0.4 is 19.7 Å². The Bertz CT molecular complexity index is 1270. The van der Waals surface area contributed by atoms with Crippen LogP contribution >= 0.6 is 12.2 Å². The summed E-state index contributed by atoms with van der Waals surface area (Å²) in [4.78, 5) is 6.66. The van der Waals surface area contributed by atoms with Crippen LogP contribution in [0.15, 0.2) is 89.5 Å². The lowest BCUT2D eigenvalue weighted by Crippen LogP contribution is -2.29. The van der Waals surface area contributed by atoms with Gasteiger partial charge >= 0.3 is 0 Å². The van der Waals surface area contributed by atoms with Gasteiger partial charge in [0.15, 0.2) is 5.11 Å². The minimum absolute atomic E-state index is 0.181. The highest BCUT2D eigenvalue weighted by atomic mass is 32.1. The molecule has 1 saturated heterocycles. The minimum Gasteiger partial charge on any atom is -0.497 e. The monoisotopic (exact) mass is 471 g/mol. The third-order valence-electron chi connectivity index (χ3n) is 5.80. The minimum atomic E-state index is -0.231. The van der Waals surface area contributed by atoms with Crippen LogP contribution in [0.2, 0.25) is 0 Å². The van der Waals surface area contributed by atoms with Gasteiger partial charge in [0.25, 0.3) is 0 Å². The molecule has 0 unspecified atom stereocenters. The predicted molar refractivity (Wildman–Crippen MR) is 136 cm³/mol. The van der Waals surface area contributed by atoms with Crippen molar-refractivity contribution in [2.24, 2.45) is 0 Å². The van der Waals surface area contributed by atoms with Gasteiger partial charge in [-0.15, -0.1) is 0 Å². The topological polar surface area (TPSA) is 59.8 Å². The van der Waals surface area contributed by atoms with Gasteiger partial charge in [-0.3, -0.25) is 4.98 Å². The predicted octanol–water partition coefficient (Wildman–Crippen LogP) is 5.93. The van der Waals surface area contributed by atoms with Crippen molar-refractivity contribution in [3.8, 4) is 22.8 Å². The van der Waals surface area contributed by atoms with Gasteiger partial charge in [-0.1, -0.05) is 12.1 Å². The molecule has 172 valence electrons. The van der Waals surface area contributed by atoms with Crippen molar-refractivity contribution in [2.45, 2.75) is 19.0 Å². The summed E-state index contributed by atoms with van der Waals surface area (Å²) < 4.78 is 17.4. The lowest BCUT2D eigenvalue weighted by atomic mass is 10.0. The Labute approximate surface area is 204 Å². The van der Waals surface area contributed by atoms with Crippen molar-refractivity contribution in [1.29, 1.82) is 0 Å². The number of anilines is 1. The first-order chi connectivity index (χ1) is 16.7. The lowest BCUT2D eigenvalue weighted by molar-refractivity contribution is 0.340. The van der Waals surface area contributed by atoms with Crippen LogP contribution in [-0.4, -0.2) is 23.8 Å². The molecule has 0 saturated carbocycles. The van der Waals surface area contributed by atoms with E-state index in [0.29, 0.717) is 11.7 Å². The first kappa shape index (κ1) is 22.0. The van der Waals surface area contributed by atoms with Crippen molar-refractivity contribution in [1.82, 2.24) is 10.3 Å². The Balaban J connectivity index is 1.55. The third-order valence-corrected chi connectivity index (χ3v) is 6.11. The molecule has 1 aliphatic rings. The standard InChI is InChI=1S/C27H25N3O3S/c1-3-32-20-12-10-18(11-13-20)23-14-15-24(33-23)26-25(22-9-4-5-16-28-22)29-27(34)30(26)19-7-6-8-21(17-19)31-2/h4-17,25-26H,3H2,1-2H3,(H,29,34)/t25-,26+/m0/s1. The van der Waals surface area contributed by atoms with E-state index in [-0.39, 0.29) is 12.1 Å². The van der Waals surface area contributed by atoms with E-state index in [1.54, 1.807) is 13.3 Å². The highest BCUT2D eigenvalue weighted by Gasteiger charge is 2.42. The number of nitrogens with zero attached hydrogens (tertiary/aromatic N) is 2. The highest BCUT2D eigenvalue weighted by molar-refractivity contribution is 7.80. The maximum Gasteiger partial charge on any atom is 0.174 e. The quantitative estimate of drug-likeness (QED) is 0.335. The van der Waals surface area contributed by atoms with Crippen molar-refractivity contribution < 1.29 is 13.9 Å². The molecule has 2 aromatic heterocycles. The number of hydrogen-bond acceptors (Lipinski definition) is 5. The molecule has 2 atom stereocenters. The molecule has 0 aliphatic carbocycles. The smallest absolute Gasteiger partial charge is 0.174 e. The molecular formula is C27H25N3O3S. The van der Waals surface area contributed by atoms with Gasteiger partial charge in [-0.25, -0.2) is 0 Å². The van der Waals surface area contributed by atoms with Crippen LogP contribution in [0.4, 0.5) is 5.69 Å². The van der Waals surface area contributed by atoms with Crippen LogP contribution in [-0.2, 0) is 0 Å². The summed E-state index contributed by atoms with van der Waals surface area (Å²) in [6, 6.07) is 25.2. The molecule has 5 rings (SSSR count). The van der Waals surface area contributed by atoms with Crippen LogP contribution in [0.3, 0.4) is 0 Å². The van der Waals surface area contributed by atoms with E-state index < -0.39 is 0 Å². The maximum atomic E-state index is 6.42. The number of nitrogens with one attached hydrogen (secondary N) is 1. The third kappa shape index (κ3) is 4.22. The number of pyridine rings is 1. The van der Waals surface area contributed by atoms with E-state index >= 15 is 0 Å². The summed E-state index contributed by atoms with van der Waals surface area (Å²) >= 11 is 5.79. The zero-order chi connectivity index (χ0) is 23.5. The van der Waals surface area contributed by atoms with E-state index in [1.165, 1.54) is 0 Å². The van der Waals surface area contributed by atoms with Crippen molar-refractivity contribution >= 4 is 23.0 Å². The summed E-state index contributed by atoms with van der Waals surface area (Å²) in [7, 11) is 1.66. The average molecular weight is 472 g/mol. The fourth-order valence-electron chi connectivity index (χ4n) is 4.23. The highest BCUT2D eigenvalue weighted by Crippen LogP contribution is 2.43. The second-order valence-electron chi connectivity index (χ2n) is 7.86. The first-order valence-corrected chi connectivity index (χ1v) is 11.6. The Morgan fingerprint density at radius 3 is 2.59 bits per heavy atom. The number of benzene rings is 2. The second-order valence-corrected chi connectivity index (χ2v) is 8.24. The molecule has 0 bridgehead atoms. The van der Waals surface area contributed by atoms with Crippen LogP contribution in [0.25, 0.3) is 11.3 Å². The van der Waals surface area contributed by atoms with E-state index in [2.05, 4.69) is 15.2 Å². The Morgan fingerprint density at radius 1 is 1.00 bits per heavy atom. The number of furan rings is 1. The maximum absolute atomic E-state index is 6.42. The normalized spacial score (nSPS) is 17.5. The van der Waals surface area contributed by atoms with E-state index in [9.17, 15) is 0 Å². The van der Waals surface area contributed by atoms with E-state index in [1.807, 2.05) is 85.8 Å². The second kappa shape index (κ2) is 9.57. The molecule has 34 heavy (non-hydrogen) atoms. The van der Waals surface area contributed by atoms with Crippen molar-refractivity contribution in [3.63, 3.8) is 0 Å². The Kier molecular flexibility index (Phi) is 6.18. The summed E-state index contributed by atoms with van der Waals surface area (Å²) in [6.07, 6.45) is 1.79. The average Bonchev–Trinajstić information content (AvgIpc) is 3.50. The van der Waals surface area contributed by atoms with Crippen LogP contribution in [0.1, 0.15) is 30.5 Å². The summed E-state index contributed by atoms with van der Waals surface area (Å²) in [5.41, 5.74) is 2.78. The van der Waals surface area contributed by atoms with Crippen molar-refractivity contribution in [2.75, 3.05) is 18.6 Å². The molecule has 2 aromatic carbocycles. The van der Waals surface area contributed by atoms with Gasteiger partial charge in [0.1, 0.15) is 29.1 Å². The fraction of sp³-hybridized carbons (Fsp3) is 0.185. The number of thiocarbonyl (C=S) groups is 1. The molecule has 1 N–H and O–H groups in total. The number of rotatable bonds is 7. The Morgan fingerprint density at radius 2 is 1.85 bits per heavy atom. The molecule has 0 spiro atoms. The zero-order valence-electron chi connectivity index (χ0n) is 19.0. The molecule has 6 nitrogen and oxygen atoms in total. The Hall–Kier alpha value is -3.84. The van der Waals surface area contributed by atoms with Gasteiger partial charge < -0.3 is 24.1 Å². The van der Waals surface area contributed by atoms with Gasteiger partial charge in [-0.05, 0) is 79.8 Å². The van der Waals surface area contributed by atoms with Crippen LogP contribution in [0.5, 0.6) is 11.5 Å². The summed E-state index contributed by atoms with van der Waals surface area (Å²) in [6.45, 7) is 2.60. The molecule has 1 fully saturated rings. The van der Waals surface area contributed by atoms with Gasteiger partial charge in [-0.2, -0.15) is 0 Å². The molecule has 0 radical (unpaired) electrons. The number of aromatic nitrogens is 1.